The van der Waals surface area contributed by atoms with Gasteiger partial charge in [-0.1, -0.05) is 20.8 Å². The van der Waals surface area contributed by atoms with Crippen LogP contribution in [0.1, 0.15) is 32.9 Å². The molecule has 0 fully saturated rings. The normalized spacial score (nSPS) is 13.6. The number of thiazole rings is 1. The highest BCUT2D eigenvalue weighted by Gasteiger charge is 2.15. The first kappa shape index (κ1) is 12.6. The van der Waals surface area contributed by atoms with E-state index in [-0.39, 0.29) is 0 Å². The molecule has 3 nitrogen and oxygen atoms in total. The van der Waals surface area contributed by atoms with Gasteiger partial charge >= 0.3 is 0 Å². The summed E-state index contributed by atoms with van der Waals surface area (Å²) in [4.78, 5) is 5.74. The van der Waals surface area contributed by atoms with E-state index in [4.69, 9.17) is 0 Å². The van der Waals surface area contributed by atoms with E-state index in [1.807, 2.05) is 0 Å². The maximum atomic E-state index is 4.64. The Kier molecular flexibility index (Phi) is 4.18. The Balaban J connectivity index is 2.04. The zero-order valence-electron chi connectivity index (χ0n) is 10.8. The third-order valence-electron chi connectivity index (χ3n) is 3.03. The second-order valence-electron chi connectivity index (χ2n) is 4.83. The van der Waals surface area contributed by atoms with Crippen molar-refractivity contribution in [1.29, 1.82) is 0 Å². The fourth-order valence-corrected chi connectivity index (χ4v) is 2.69. The molecule has 2 aromatic heterocycles. The van der Waals surface area contributed by atoms with Crippen LogP contribution in [0, 0.1) is 5.92 Å². The first-order chi connectivity index (χ1) is 8.20. The van der Waals surface area contributed by atoms with Crippen LogP contribution in [0.25, 0.3) is 4.96 Å². The molecular weight excluding hydrogens is 230 g/mol. The molecule has 0 aliphatic heterocycles. The lowest BCUT2D eigenvalue weighted by Crippen LogP contribution is -2.36. The van der Waals surface area contributed by atoms with E-state index in [1.165, 1.54) is 12.1 Å². The van der Waals surface area contributed by atoms with E-state index in [1.54, 1.807) is 11.3 Å². The molecule has 0 radical (unpaired) electrons. The van der Waals surface area contributed by atoms with Crippen molar-refractivity contribution in [2.24, 2.45) is 5.92 Å². The summed E-state index contributed by atoms with van der Waals surface area (Å²) in [5, 5.41) is 5.68. The Morgan fingerprint density at radius 2 is 2.29 bits per heavy atom. The summed E-state index contributed by atoms with van der Waals surface area (Å²) in [5.41, 5.74) is 1.19. The number of nitrogens with one attached hydrogen (secondary N) is 1. The van der Waals surface area contributed by atoms with Gasteiger partial charge < -0.3 is 5.32 Å². The van der Waals surface area contributed by atoms with Gasteiger partial charge in [0, 0.05) is 30.2 Å². The predicted octanol–water partition coefficient (Wildman–Crippen LogP) is 2.96. The third kappa shape index (κ3) is 3.07. The van der Waals surface area contributed by atoms with E-state index in [0.717, 1.165) is 17.9 Å². The van der Waals surface area contributed by atoms with Gasteiger partial charge in [-0.05, 0) is 18.9 Å². The number of hydrogen-bond acceptors (Lipinski definition) is 3. The molecule has 1 unspecified atom stereocenters. The van der Waals surface area contributed by atoms with Crippen LogP contribution in [0.4, 0.5) is 0 Å². The number of rotatable bonds is 6. The maximum absolute atomic E-state index is 4.64. The highest BCUT2D eigenvalue weighted by molar-refractivity contribution is 7.15. The van der Waals surface area contributed by atoms with Gasteiger partial charge in [0.25, 0.3) is 0 Å². The summed E-state index contributed by atoms with van der Waals surface area (Å²) in [6, 6.07) is 0.527. The topological polar surface area (TPSA) is 29.3 Å². The van der Waals surface area contributed by atoms with Crippen molar-refractivity contribution in [3.63, 3.8) is 0 Å². The van der Waals surface area contributed by atoms with Crippen molar-refractivity contribution in [1.82, 2.24) is 14.7 Å². The van der Waals surface area contributed by atoms with Gasteiger partial charge in [-0.25, -0.2) is 4.98 Å². The maximum Gasteiger partial charge on any atom is 0.193 e. The van der Waals surface area contributed by atoms with E-state index < -0.39 is 0 Å². The summed E-state index contributed by atoms with van der Waals surface area (Å²) in [5.74, 6) is 0.640. The van der Waals surface area contributed by atoms with Crippen LogP contribution in [-0.2, 0) is 6.42 Å². The van der Waals surface area contributed by atoms with Crippen molar-refractivity contribution < 1.29 is 0 Å². The first-order valence-corrected chi connectivity index (χ1v) is 7.23. The van der Waals surface area contributed by atoms with E-state index in [2.05, 4.69) is 53.2 Å². The molecule has 0 amide bonds. The van der Waals surface area contributed by atoms with Gasteiger partial charge in [0.15, 0.2) is 4.96 Å². The lowest BCUT2D eigenvalue weighted by atomic mass is 9.99. The van der Waals surface area contributed by atoms with Crippen molar-refractivity contribution in [2.45, 2.75) is 39.7 Å². The number of imidazole rings is 1. The quantitative estimate of drug-likeness (QED) is 0.855. The molecule has 0 spiro atoms. The molecule has 1 N–H and O–H groups in total. The van der Waals surface area contributed by atoms with Gasteiger partial charge in [-0.15, -0.1) is 11.3 Å². The lowest BCUT2D eigenvalue weighted by molar-refractivity contribution is 0.395. The van der Waals surface area contributed by atoms with Crippen molar-refractivity contribution in [3.8, 4) is 0 Å². The van der Waals surface area contributed by atoms with Gasteiger partial charge in [0.05, 0.1) is 5.69 Å². The Morgan fingerprint density at radius 1 is 1.47 bits per heavy atom. The Bertz CT molecular complexity index is 429. The first-order valence-electron chi connectivity index (χ1n) is 6.35. The molecule has 94 valence electrons. The van der Waals surface area contributed by atoms with E-state index >= 15 is 0 Å². The molecule has 4 heteroatoms. The third-order valence-corrected chi connectivity index (χ3v) is 3.80. The average Bonchev–Trinajstić information content (AvgIpc) is 2.83. The van der Waals surface area contributed by atoms with Crippen LogP contribution in [0.15, 0.2) is 17.8 Å². The fourth-order valence-electron chi connectivity index (χ4n) is 1.97. The van der Waals surface area contributed by atoms with Crippen molar-refractivity contribution in [3.05, 3.63) is 23.5 Å². The minimum Gasteiger partial charge on any atom is -0.313 e. The molecule has 0 aromatic carbocycles. The van der Waals surface area contributed by atoms with Crippen LogP contribution < -0.4 is 5.32 Å². The summed E-state index contributed by atoms with van der Waals surface area (Å²) >= 11 is 1.69. The molecule has 17 heavy (non-hydrogen) atoms. The minimum absolute atomic E-state index is 0.527. The van der Waals surface area contributed by atoms with Crippen molar-refractivity contribution >= 4 is 16.3 Å². The number of fused-ring (bicyclic) bond motifs is 1. The van der Waals surface area contributed by atoms with Gasteiger partial charge in [-0.2, -0.15) is 0 Å². The van der Waals surface area contributed by atoms with Crippen LogP contribution in [0.2, 0.25) is 0 Å². The Morgan fingerprint density at radius 3 is 2.94 bits per heavy atom. The fraction of sp³-hybridized carbons (Fsp3) is 0.615. The lowest BCUT2D eigenvalue weighted by Gasteiger charge is -2.21. The zero-order valence-corrected chi connectivity index (χ0v) is 11.6. The Hall–Kier alpha value is -0.870. The second kappa shape index (κ2) is 5.65. The van der Waals surface area contributed by atoms with E-state index in [9.17, 15) is 0 Å². The highest BCUT2D eigenvalue weighted by atomic mass is 32.1. The highest BCUT2D eigenvalue weighted by Crippen LogP contribution is 2.14. The molecule has 0 bridgehead atoms. The van der Waals surface area contributed by atoms with E-state index in [0.29, 0.717) is 12.0 Å². The number of hydrogen-bond donors (Lipinski definition) is 1. The van der Waals surface area contributed by atoms with Crippen LogP contribution in [0.5, 0.6) is 0 Å². The summed E-state index contributed by atoms with van der Waals surface area (Å²) in [6.07, 6.45) is 6.42. The van der Waals surface area contributed by atoms with Gasteiger partial charge in [0.2, 0.25) is 0 Å². The molecule has 0 aliphatic rings. The van der Waals surface area contributed by atoms with Crippen LogP contribution in [0.3, 0.4) is 0 Å². The second-order valence-corrected chi connectivity index (χ2v) is 5.71. The number of aromatic nitrogens is 2. The molecule has 2 rings (SSSR count). The SMILES string of the molecule is CCCNC(Cc1cn2ccsc2n1)C(C)C. The smallest absolute Gasteiger partial charge is 0.193 e. The summed E-state index contributed by atoms with van der Waals surface area (Å²) < 4.78 is 2.11. The monoisotopic (exact) mass is 251 g/mol. The van der Waals surface area contributed by atoms with Gasteiger partial charge in [0.1, 0.15) is 0 Å². The zero-order chi connectivity index (χ0) is 12.3. The van der Waals surface area contributed by atoms with Crippen LogP contribution in [-0.4, -0.2) is 22.0 Å². The summed E-state index contributed by atoms with van der Waals surface area (Å²) in [7, 11) is 0. The molecule has 0 saturated heterocycles. The number of nitrogens with zero attached hydrogens (tertiary/aromatic N) is 2. The standard InChI is InChI=1S/C13H21N3S/c1-4-5-14-12(10(2)3)8-11-9-16-6-7-17-13(16)15-11/h6-7,9-10,12,14H,4-5,8H2,1-3H3. The summed E-state index contributed by atoms with van der Waals surface area (Å²) in [6.45, 7) is 7.83. The predicted molar refractivity (Wildman–Crippen MR) is 73.7 cm³/mol. The largest absolute Gasteiger partial charge is 0.313 e. The molecule has 2 heterocycles. The minimum atomic E-state index is 0.527. The van der Waals surface area contributed by atoms with Gasteiger partial charge in [-0.3, -0.25) is 4.40 Å². The van der Waals surface area contributed by atoms with Crippen molar-refractivity contribution in [2.75, 3.05) is 6.54 Å². The molecular formula is C13H21N3S. The molecule has 0 saturated carbocycles. The van der Waals surface area contributed by atoms with Crippen LogP contribution >= 0.6 is 11.3 Å². The Labute approximate surface area is 107 Å². The molecule has 0 aliphatic carbocycles. The molecule has 1 atom stereocenters. The molecule has 2 aromatic rings. The average molecular weight is 251 g/mol.